The van der Waals surface area contributed by atoms with Gasteiger partial charge in [-0.3, -0.25) is 33.6 Å². The van der Waals surface area contributed by atoms with Gasteiger partial charge in [0.25, 0.3) is 0 Å². The fourth-order valence-corrected chi connectivity index (χ4v) is 5.48. The van der Waals surface area contributed by atoms with Crippen LogP contribution in [-0.2, 0) is 44.8 Å². The Labute approximate surface area is 322 Å². The highest BCUT2D eigenvalue weighted by Gasteiger charge is 2.35. The number of aromatic nitrogens is 2. The number of carboxylic acid groups (broad SMARTS) is 2. The zero-order valence-electron chi connectivity index (χ0n) is 31.5. The van der Waals surface area contributed by atoms with Crippen LogP contribution >= 0.6 is 11.8 Å². The molecule has 0 saturated carbocycles. The largest absolute Gasteiger partial charge is 0.481 e. The monoisotopic (exact) mass is 801 g/mol. The lowest BCUT2D eigenvalue weighted by Crippen LogP contribution is -2.61. The predicted octanol–water partition coefficient (Wildman–Crippen LogP) is -3.42. The van der Waals surface area contributed by atoms with Crippen molar-refractivity contribution in [2.24, 2.45) is 17.6 Å². The van der Waals surface area contributed by atoms with Crippen LogP contribution in [0, 0.1) is 11.8 Å². The number of carbonyl (C=O) groups excluding carboxylic acids is 6. The third-order valence-electron chi connectivity index (χ3n) is 8.33. The van der Waals surface area contributed by atoms with Crippen molar-refractivity contribution in [3.8, 4) is 0 Å². The number of aliphatic hydroxyl groups is 2. The van der Waals surface area contributed by atoms with Crippen LogP contribution in [0.25, 0.3) is 0 Å². The molecule has 0 aromatic carbocycles. The topological polar surface area (TPSA) is 344 Å². The minimum atomic E-state index is -1.83. The summed E-state index contributed by atoms with van der Waals surface area (Å²) < 4.78 is 0. The second kappa shape index (κ2) is 24.6. The molecule has 0 aliphatic rings. The summed E-state index contributed by atoms with van der Waals surface area (Å²) in [4.78, 5) is 109. The molecule has 1 aromatic heterocycles. The molecule has 0 spiro atoms. The molecule has 55 heavy (non-hydrogen) atoms. The van der Waals surface area contributed by atoms with E-state index in [1.54, 1.807) is 20.1 Å². The van der Waals surface area contributed by atoms with E-state index in [2.05, 4.69) is 41.9 Å². The number of nitrogens with zero attached hydrogens (tertiary/aromatic N) is 1. The number of rotatable bonds is 26. The van der Waals surface area contributed by atoms with E-state index in [4.69, 9.17) is 5.73 Å². The Morgan fingerprint density at radius 2 is 1.29 bits per heavy atom. The molecule has 8 atom stereocenters. The molecule has 6 amide bonds. The molecule has 22 heteroatoms. The molecule has 0 bridgehead atoms. The first-order valence-corrected chi connectivity index (χ1v) is 19.0. The maximum Gasteiger partial charge on any atom is 0.328 e. The van der Waals surface area contributed by atoms with E-state index >= 15 is 0 Å². The van der Waals surface area contributed by atoms with E-state index in [1.165, 1.54) is 24.3 Å². The highest BCUT2D eigenvalue weighted by atomic mass is 32.2. The lowest BCUT2D eigenvalue weighted by atomic mass is 9.96. The number of thioether (sulfide) groups is 1. The van der Waals surface area contributed by atoms with Crippen molar-refractivity contribution in [1.29, 1.82) is 0 Å². The van der Waals surface area contributed by atoms with Gasteiger partial charge in [-0.25, -0.2) is 9.78 Å². The van der Waals surface area contributed by atoms with Gasteiger partial charge in [-0.2, -0.15) is 11.8 Å². The van der Waals surface area contributed by atoms with Crippen molar-refractivity contribution in [3.63, 3.8) is 0 Å². The maximum atomic E-state index is 13.6. The number of aliphatic carboxylic acids is 2. The van der Waals surface area contributed by atoms with Crippen LogP contribution in [0.2, 0.25) is 0 Å². The Hall–Kier alpha value is -4.80. The number of hydrogen-bond acceptors (Lipinski definition) is 13. The lowest BCUT2D eigenvalue weighted by molar-refractivity contribution is -0.144. The molecule has 0 fully saturated rings. The van der Waals surface area contributed by atoms with E-state index in [-0.39, 0.29) is 25.2 Å². The third-order valence-corrected chi connectivity index (χ3v) is 8.98. The van der Waals surface area contributed by atoms with Crippen molar-refractivity contribution in [2.75, 3.05) is 25.2 Å². The molecule has 0 radical (unpaired) electrons. The number of nitrogens with one attached hydrogen (secondary N) is 7. The molecule has 0 aliphatic heterocycles. The van der Waals surface area contributed by atoms with Crippen LogP contribution in [-0.4, -0.2) is 145 Å². The third kappa shape index (κ3) is 17.0. The number of carbonyl (C=O) groups is 8. The summed E-state index contributed by atoms with van der Waals surface area (Å²) in [5.41, 5.74) is 6.66. The lowest BCUT2D eigenvalue weighted by Gasteiger charge is -2.29. The first kappa shape index (κ1) is 48.2. The van der Waals surface area contributed by atoms with Gasteiger partial charge in [-0.1, -0.05) is 34.1 Å². The van der Waals surface area contributed by atoms with Crippen LogP contribution in [0.4, 0.5) is 0 Å². The van der Waals surface area contributed by atoms with Gasteiger partial charge in [0.05, 0.1) is 32.0 Å². The van der Waals surface area contributed by atoms with E-state index < -0.39 is 115 Å². The second-order valence-electron chi connectivity index (χ2n) is 13.3. The van der Waals surface area contributed by atoms with Gasteiger partial charge >= 0.3 is 11.9 Å². The van der Waals surface area contributed by atoms with E-state index in [0.29, 0.717) is 17.9 Å². The average molecular weight is 802 g/mol. The predicted molar refractivity (Wildman–Crippen MR) is 198 cm³/mol. The Kier molecular flexibility index (Phi) is 21.5. The van der Waals surface area contributed by atoms with Crippen LogP contribution in [0.3, 0.4) is 0 Å². The Morgan fingerprint density at radius 3 is 1.80 bits per heavy atom. The molecular weight excluding hydrogens is 746 g/mol. The summed E-state index contributed by atoms with van der Waals surface area (Å²) in [6.07, 6.45) is 4.26. The number of H-pyrrole nitrogens is 1. The number of amides is 6. The number of imidazole rings is 1. The number of carboxylic acids is 2. The number of aromatic amines is 1. The van der Waals surface area contributed by atoms with Crippen molar-refractivity contribution in [3.05, 3.63) is 18.2 Å². The first-order valence-electron chi connectivity index (χ1n) is 17.6. The van der Waals surface area contributed by atoms with Crippen molar-refractivity contribution >= 4 is 59.1 Å². The van der Waals surface area contributed by atoms with Crippen LogP contribution in [0.5, 0.6) is 0 Å². The molecular formula is C33H55N9O12S. The SMILES string of the molecule is CC[C@H](C)[C@H](NC(=O)[C@H](CC(C)C)NC(=O)[C@@H](N)Cc1cnc[nH]1)C(=O)N[C@@H](CO)C(=O)N[C@@H](CC(=O)O)C(=O)N[C@@H](CCSC)C(=O)N[C@@H](CO)C(=O)O. The summed E-state index contributed by atoms with van der Waals surface area (Å²) in [5, 5.41) is 52.1. The smallest absolute Gasteiger partial charge is 0.328 e. The van der Waals surface area contributed by atoms with Crippen LogP contribution in [0.1, 0.15) is 59.1 Å². The number of hydrogen-bond donors (Lipinski definition) is 12. The quantitative estimate of drug-likeness (QED) is 0.0434. The molecule has 1 aromatic rings. The van der Waals surface area contributed by atoms with E-state index in [9.17, 15) is 58.8 Å². The Bertz CT molecular complexity index is 1450. The molecule has 0 aliphatic carbocycles. The highest BCUT2D eigenvalue weighted by Crippen LogP contribution is 2.12. The van der Waals surface area contributed by atoms with Crippen molar-refractivity contribution < 1.29 is 58.8 Å². The Morgan fingerprint density at radius 1 is 0.764 bits per heavy atom. The van der Waals surface area contributed by atoms with Crippen molar-refractivity contribution in [2.45, 2.75) is 102 Å². The zero-order valence-corrected chi connectivity index (χ0v) is 32.3. The summed E-state index contributed by atoms with van der Waals surface area (Å²) in [6.45, 7) is 5.06. The average Bonchev–Trinajstić information content (AvgIpc) is 3.64. The molecule has 0 saturated heterocycles. The van der Waals surface area contributed by atoms with Gasteiger partial charge in [0, 0.05) is 18.3 Å². The fraction of sp³-hybridized carbons (Fsp3) is 0.667. The summed E-state index contributed by atoms with van der Waals surface area (Å²) in [7, 11) is 0. The molecule has 13 N–H and O–H groups in total. The minimum absolute atomic E-state index is 0.0397. The molecule has 1 rings (SSSR count). The fourth-order valence-electron chi connectivity index (χ4n) is 5.01. The normalized spacial score (nSPS) is 15.5. The van der Waals surface area contributed by atoms with Gasteiger partial charge < -0.3 is 63.0 Å². The summed E-state index contributed by atoms with van der Waals surface area (Å²) in [5.74, 6) is -8.97. The molecule has 21 nitrogen and oxygen atoms in total. The van der Waals surface area contributed by atoms with Gasteiger partial charge in [0.2, 0.25) is 35.4 Å². The maximum absolute atomic E-state index is 13.6. The molecule has 310 valence electrons. The van der Waals surface area contributed by atoms with Crippen molar-refractivity contribution in [1.82, 2.24) is 41.9 Å². The highest BCUT2D eigenvalue weighted by molar-refractivity contribution is 7.98. The minimum Gasteiger partial charge on any atom is -0.481 e. The van der Waals surface area contributed by atoms with Gasteiger partial charge in [-0.05, 0) is 36.7 Å². The number of nitrogens with two attached hydrogens (primary N) is 1. The Balaban J connectivity index is 3.16. The zero-order chi connectivity index (χ0) is 41.8. The standard InChI is InChI=1S/C33H55N9O12S/c1-6-17(4)26(42-30(50)21(9-16(2)3)38-27(47)19(34)10-18-12-35-15-36-18)32(52)40-23(13-43)31(51)39-22(11-25(45)46)29(49)37-20(7-8-55-5)28(48)41-24(14-44)33(53)54/h12,15-17,19-24,26,43-44H,6-11,13-14,34H2,1-5H3,(H,35,36)(H,37,49)(H,38,47)(H,39,51)(H,40,52)(H,41,48)(H,42,50)(H,45,46)(H,53,54)/t17-,19-,20-,21-,22-,23-,24-,26-/m0/s1. The van der Waals surface area contributed by atoms with Crippen LogP contribution < -0.4 is 37.6 Å². The van der Waals surface area contributed by atoms with Gasteiger partial charge in [0.1, 0.15) is 36.3 Å². The second-order valence-corrected chi connectivity index (χ2v) is 14.3. The summed E-state index contributed by atoms with van der Waals surface area (Å²) >= 11 is 1.28. The molecule has 0 unspecified atom stereocenters. The van der Waals surface area contributed by atoms with Gasteiger partial charge in [0.15, 0.2) is 0 Å². The van der Waals surface area contributed by atoms with E-state index in [1.807, 2.05) is 13.8 Å². The van der Waals surface area contributed by atoms with E-state index in [0.717, 1.165) is 0 Å². The van der Waals surface area contributed by atoms with Crippen LogP contribution in [0.15, 0.2) is 12.5 Å². The summed E-state index contributed by atoms with van der Waals surface area (Å²) in [6, 6.07) is -10.1. The first-order chi connectivity index (χ1) is 25.9. The molecule has 1 heterocycles. The number of aliphatic hydroxyl groups excluding tert-OH is 2. The van der Waals surface area contributed by atoms with Gasteiger partial charge in [-0.15, -0.1) is 0 Å².